The van der Waals surface area contributed by atoms with E-state index in [0.717, 1.165) is 34.1 Å². The highest BCUT2D eigenvalue weighted by molar-refractivity contribution is 6.31. The molecule has 104 valence electrons. The second-order valence-electron chi connectivity index (χ2n) is 5.08. The summed E-state index contributed by atoms with van der Waals surface area (Å²) in [5.74, 6) is 2.41. The van der Waals surface area contributed by atoms with E-state index in [4.69, 9.17) is 21.0 Å². The highest BCUT2D eigenvalue weighted by Crippen LogP contribution is 2.27. The van der Waals surface area contributed by atoms with Gasteiger partial charge in [0, 0.05) is 10.9 Å². The lowest BCUT2D eigenvalue weighted by atomic mass is 10.1. The van der Waals surface area contributed by atoms with Crippen molar-refractivity contribution in [2.24, 2.45) is 0 Å². The number of benzene rings is 1. The number of nitrogens with zero attached hydrogens (tertiary/aromatic N) is 2. The third kappa shape index (κ3) is 2.34. The Morgan fingerprint density at radius 3 is 2.90 bits per heavy atom. The smallest absolute Gasteiger partial charge is 0.123 e. The molecule has 0 saturated carbocycles. The first kappa shape index (κ1) is 13.3. The number of rotatable bonds is 4. The van der Waals surface area contributed by atoms with Crippen LogP contribution in [0.5, 0.6) is 0 Å². The topological polar surface area (TPSA) is 31.0 Å². The van der Waals surface area contributed by atoms with Crippen molar-refractivity contribution in [3.05, 3.63) is 53.2 Å². The Kier molecular flexibility index (Phi) is 3.53. The van der Waals surface area contributed by atoms with Crippen LogP contribution in [0.1, 0.15) is 37.8 Å². The molecular weight excluding hydrogens is 272 g/mol. The van der Waals surface area contributed by atoms with Gasteiger partial charge in [0.15, 0.2) is 0 Å². The van der Waals surface area contributed by atoms with Crippen molar-refractivity contribution in [3.63, 3.8) is 0 Å². The molecule has 20 heavy (non-hydrogen) atoms. The first-order valence-electron chi connectivity index (χ1n) is 6.87. The Hall–Kier alpha value is -1.74. The van der Waals surface area contributed by atoms with Gasteiger partial charge in [-0.05, 0) is 36.8 Å². The molecule has 3 rings (SSSR count). The quantitative estimate of drug-likeness (QED) is 0.687. The SMILES string of the molecule is CCC(C)c1nc2ccc(Cl)cc2n1Cc1ccco1. The third-order valence-electron chi connectivity index (χ3n) is 3.69. The molecule has 0 N–H and O–H groups in total. The zero-order valence-electron chi connectivity index (χ0n) is 11.6. The van der Waals surface area contributed by atoms with Crippen LogP contribution < -0.4 is 0 Å². The number of hydrogen-bond acceptors (Lipinski definition) is 2. The maximum absolute atomic E-state index is 6.13. The summed E-state index contributed by atoms with van der Waals surface area (Å²) in [6, 6.07) is 9.72. The predicted octanol–water partition coefficient (Wildman–Crippen LogP) is 4.84. The lowest BCUT2D eigenvalue weighted by molar-refractivity contribution is 0.486. The number of fused-ring (bicyclic) bond motifs is 1. The van der Waals surface area contributed by atoms with Gasteiger partial charge < -0.3 is 8.98 Å². The minimum atomic E-state index is 0.399. The van der Waals surface area contributed by atoms with Gasteiger partial charge in [-0.1, -0.05) is 25.4 Å². The zero-order chi connectivity index (χ0) is 14.1. The van der Waals surface area contributed by atoms with Crippen LogP contribution in [0.4, 0.5) is 0 Å². The molecule has 0 fully saturated rings. The Balaban J connectivity index is 2.16. The predicted molar refractivity (Wildman–Crippen MR) is 81.3 cm³/mol. The van der Waals surface area contributed by atoms with E-state index >= 15 is 0 Å². The van der Waals surface area contributed by atoms with Crippen LogP contribution in [0.15, 0.2) is 41.0 Å². The zero-order valence-corrected chi connectivity index (χ0v) is 12.4. The third-order valence-corrected chi connectivity index (χ3v) is 3.92. The normalized spacial score (nSPS) is 12.9. The summed E-state index contributed by atoms with van der Waals surface area (Å²) in [6.07, 6.45) is 2.75. The average Bonchev–Trinajstić information content (AvgIpc) is 3.07. The molecule has 1 aromatic carbocycles. The highest BCUT2D eigenvalue weighted by atomic mass is 35.5. The van der Waals surface area contributed by atoms with Crippen LogP contribution in [0, 0.1) is 0 Å². The van der Waals surface area contributed by atoms with Crippen LogP contribution in [-0.4, -0.2) is 9.55 Å². The number of halogens is 1. The van der Waals surface area contributed by atoms with Crippen LogP contribution >= 0.6 is 11.6 Å². The van der Waals surface area contributed by atoms with E-state index in [-0.39, 0.29) is 0 Å². The first-order valence-corrected chi connectivity index (χ1v) is 7.25. The summed E-state index contributed by atoms with van der Waals surface area (Å²) in [4.78, 5) is 4.77. The van der Waals surface area contributed by atoms with E-state index in [2.05, 4.69) is 18.4 Å². The Bertz CT molecular complexity index is 715. The Morgan fingerprint density at radius 2 is 2.20 bits per heavy atom. The molecule has 2 heterocycles. The molecule has 0 spiro atoms. The standard InChI is InChI=1S/C16H17ClN2O/c1-3-11(2)16-18-14-7-6-12(17)9-15(14)19(16)10-13-5-4-8-20-13/h4-9,11H,3,10H2,1-2H3. The molecule has 0 saturated heterocycles. The maximum Gasteiger partial charge on any atom is 0.123 e. The molecule has 0 aliphatic heterocycles. The van der Waals surface area contributed by atoms with Gasteiger partial charge >= 0.3 is 0 Å². The molecule has 3 nitrogen and oxygen atoms in total. The molecule has 0 radical (unpaired) electrons. The fourth-order valence-electron chi connectivity index (χ4n) is 2.40. The summed E-state index contributed by atoms with van der Waals surface area (Å²) in [5, 5.41) is 0.730. The Morgan fingerprint density at radius 1 is 1.35 bits per heavy atom. The van der Waals surface area contributed by atoms with Gasteiger partial charge in [-0.25, -0.2) is 4.98 Å². The first-order chi connectivity index (χ1) is 9.69. The maximum atomic E-state index is 6.13. The van der Waals surface area contributed by atoms with Gasteiger partial charge in [-0.2, -0.15) is 0 Å². The summed E-state index contributed by atoms with van der Waals surface area (Å²) >= 11 is 6.13. The van der Waals surface area contributed by atoms with E-state index in [1.54, 1.807) is 6.26 Å². The monoisotopic (exact) mass is 288 g/mol. The van der Waals surface area contributed by atoms with Gasteiger partial charge in [-0.15, -0.1) is 0 Å². The molecule has 1 atom stereocenters. The molecule has 0 amide bonds. The summed E-state index contributed by atoms with van der Waals surface area (Å²) in [7, 11) is 0. The van der Waals surface area contributed by atoms with E-state index in [0.29, 0.717) is 12.5 Å². The highest BCUT2D eigenvalue weighted by Gasteiger charge is 2.16. The molecule has 0 aliphatic carbocycles. The lowest BCUT2D eigenvalue weighted by Gasteiger charge is -2.12. The molecule has 3 aromatic rings. The summed E-state index contributed by atoms with van der Waals surface area (Å²) in [5.41, 5.74) is 2.04. The van der Waals surface area contributed by atoms with Crippen molar-refractivity contribution in [1.82, 2.24) is 9.55 Å². The number of aromatic nitrogens is 2. The number of furan rings is 1. The van der Waals surface area contributed by atoms with Gasteiger partial charge in [0.05, 0.1) is 23.8 Å². The van der Waals surface area contributed by atoms with Crippen LogP contribution in [0.3, 0.4) is 0 Å². The molecule has 1 unspecified atom stereocenters. The summed E-state index contributed by atoms with van der Waals surface area (Å²) in [6.45, 7) is 5.05. The van der Waals surface area contributed by atoms with Crippen molar-refractivity contribution in [3.8, 4) is 0 Å². The van der Waals surface area contributed by atoms with Crippen LogP contribution in [-0.2, 0) is 6.54 Å². The van der Waals surface area contributed by atoms with Crippen molar-refractivity contribution >= 4 is 22.6 Å². The Labute approximate surface area is 123 Å². The van der Waals surface area contributed by atoms with Crippen molar-refractivity contribution in [2.45, 2.75) is 32.7 Å². The molecule has 2 aromatic heterocycles. The van der Waals surface area contributed by atoms with Gasteiger partial charge in [0.2, 0.25) is 0 Å². The number of imidazole rings is 1. The fourth-order valence-corrected chi connectivity index (χ4v) is 2.56. The van der Waals surface area contributed by atoms with E-state index in [1.807, 2.05) is 30.3 Å². The molecule has 4 heteroatoms. The van der Waals surface area contributed by atoms with Gasteiger partial charge in [-0.3, -0.25) is 0 Å². The van der Waals surface area contributed by atoms with E-state index in [1.165, 1.54) is 0 Å². The second-order valence-corrected chi connectivity index (χ2v) is 5.51. The van der Waals surface area contributed by atoms with Crippen LogP contribution in [0.2, 0.25) is 5.02 Å². The molecular formula is C16H17ClN2O. The van der Waals surface area contributed by atoms with E-state index < -0.39 is 0 Å². The molecule has 0 bridgehead atoms. The minimum absolute atomic E-state index is 0.399. The number of hydrogen-bond donors (Lipinski definition) is 0. The fraction of sp³-hybridized carbons (Fsp3) is 0.312. The molecule has 0 aliphatic rings. The van der Waals surface area contributed by atoms with Crippen molar-refractivity contribution in [2.75, 3.05) is 0 Å². The lowest BCUT2D eigenvalue weighted by Crippen LogP contribution is -2.07. The second kappa shape index (κ2) is 5.33. The van der Waals surface area contributed by atoms with Gasteiger partial charge in [0.25, 0.3) is 0 Å². The minimum Gasteiger partial charge on any atom is -0.467 e. The average molecular weight is 289 g/mol. The largest absolute Gasteiger partial charge is 0.467 e. The summed E-state index contributed by atoms with van der Waals surface area (Å²) < 4.78 is 7.68. The van der Waals surface area contributed by atoms with E-state index in [9.17, 15) is 0 Å². The van der Waals surface area contributed by atoms with Crippen molar-refractivity contribution in [1.29, 1.82) is 0 Å². The van der Waals surface area contributed by atoms with Crippen molar-refractivity contribution < 1.29 is 4.42 Å². The van der Waals surface area contributed by atoms with Gasteiger partial charge in [0.1, 0.15) is 11.6 Å². The van der Waals surface area contributed by atoms with Crippen LogP contribution in [0.25, 0.3) is 11.0 Å².